The Morgan fingerprint density at radius 3 is 2.38 bits per heavy atom. The summed E-state index contributed by atoms with van der Waals surface area (Å²) in [4.78, 5) is 2.96. The largest absolute Gasteiger partial charge is 0.388 e. The fourth-order valence-electron chi connectivity index (χ4n) is 1.28. The zero-order chi connectivity index (χ0) is 10.1. The summed E-state index contributed by atoms with van der Waals surface area (Å²) in [6, 6.07) is 1.92. The van der Waals surface area contributed by atoms with Crippen LogP contribution in [-0.2, 0) is 0 Å². The summed E-state index contributed by atoms with van der Waals surface area (Å²) in [7, 11) is 0. The normalized spacial score (nSPS) is 17.0. The van der Waals surface area contributed by atoms with Crippen molar-refractivity contribution in [2.45, 2.75) is 33.8 Å². The number of hydrogen-bond donors (Lipinski definition) is 2. The number of aromatic amines is 1. The topological polar surface area (TPSA) is 36.0 Å². The van der Waals surface area contributed by atoms with Gasteiger partial charge in [-0.15, -0.1) is 0 Å². The van der Waals surface area contributed by atoms with E-state index in [0.29, 0.717) is 0 Å². The lowest BCUT2D eigenvalue weighted by Gasteiger charge is -2.31. The van der Waals surface area contributed by atoms with Crippen LogP contribution in [0.25, 0.3) is 0 Å². The van der Waals surface area contributed by atoms with Crippen LogP contribution in [0.1, 0.15) is 39.4 Å². The van der Waals surface area contributed by atoms with E-state index in [0.717, 1.165) is 5.56 Å². The molecule has 0 aromatic carbocycles. The van der Waals surface area contributed by atoms with Crippen LogP contribution in [0.5, 0.6) is 0 Å². The minimum Gasteiger partial charge on any atom is -0.388 e. The molecule has 1 rings (SSSR count). The van der Waals surface area contributed by atoms with Gasteiger partial charge in [-0.1, -0.05) is 27.7 Å². The molecule has 0 aliphatic heterocycles. The Morgan fingerprint density at radius 1 is 1.38 bits per heavy atom. The first-order valence-electron chi connectivity index (χ1n) is 4.73. The highest BCUT2D eigenvalue weighted by atomic mass is 16.3. The van der Waals surface area contributed by atoms with E-state index in [9.17, 15) is 5.11 Å². The van der Waals surface area contributed by atoms with Crippen molar-refractivity contribution in [2.75, 3.05) is 0 Å². The van der Waals surface area contributed by atoms with Crippen LogP contribution in [-0.4, -0.2) is 10.1 Å². The third-order valence-electron chi connectivity index (χ3n) is 2.80. The Morgan fingerprint density at radius 2 is 2.00 bits per heavy atom. The maximum atomic E-state index is 9.99. The highest BCUT2D eigenvalue weighted by Gasteiger charge is 2.27. The smallest absolute Gasteiger partial charge is 0.0835 e. The van der Waals surface area contributed by atoms with E-state index >= 15 is 0 Å². The average molecular weight is 181 g/mol. The molecule has 2 atom stereocenters. The van der Waals surface area contributed by atoms with Crippen molar-refractivity contribution in [3.05, 3.63) is 24.0 Å². The number of H-pyrrole nitrogens is 1. The molecular weight excluding hydrogens is 162 g/mol. The van der Waals surface area contributed by atoms with Gasteiger partial charge >= 0.3 is 0 Å². The quantitative estimate of drug-likeness (QED) is 0.723. The lowest BCUT2D eigenvalue weighted by molar-refractivity contribution is 0.0536. The molecule has 1 heterocycles. The van der Waals surface area contributed by atoms with Gasteiger partial charge in [0.2, 0.25) is 0 Å². The number of nitrogens with one attached hydrogen (secondary N) is 1. The van der Waals surface area contributed by atoms with Crippen molar-refractivity contribution in [1.82, 2.24) is 4.98 Å². The van der Waals surface area contributed by atoms with Gasteiger partial charge in [-0.05, 0) is 23.0 Å². The second kappa shape index (κ2) is 3.54. The van der Waals surface area contributed by atoms with Crippen LogP contribution >= 0.6 is 0 Å². The minimum absolute atomic E-state index is 0.136. The SMILES string of the molecule is CC(C(O)c1cc[nH]c1)C(C)(C)C. The van der Waals surface area contributed by atoms with Crippen LogP contribution in [0.4, 0.5) is 0 Å². The first-order valence-corrected chi connectivity index (χ1v) is 4.73. The molecule has 2 N–H and O–H groups in total. The molecule has 13 heavy (non-hydrogen) atoms. The second-order valence-electron chi connectivity index (χ2n) is 4.74. The van der Waals surface area contributed by atoms with Gasteiger partial charge in [0.25, 0.3) is 0 Å². The number of aliphatic hydroxyl groups excluding tert-OH is 1. The summed E-state index contributed by atoms with van der Waals surface area (Å²) < 4.78 is 0. The summed E-state index contributed by atoms with van der Waals surface area (Å²) in [6.07, 6.45) is 3.33. The van der Waals surface area contributed by atoms with Gasteiger partial charge in [0.05, 0.1) is 6.10 Å². The molecule has 2 nitrogen and oxygen atoms in total. The van der Waals surface area contributed by atoms with Gasteiger partial charge in [0.15, 0.2) is 0 Å². The van der Waals surface area contributed by atoms with E-state index in [-0.39, 0.29) is 17.4 Å². The first-order chi connectivity index (χ1) is 5.93. The monoisotopic (exact) mass is 181 g/mol. The molecule has 0 saturated carbocycles. The van der Waals surface area contributed by atoms with Gasteiger partial charge in [0, 0.05) is 12.4 Å². The molecule has 0 bridgehead atoms. The Bertz CT molecular complexity index is 246. The van der Waals surface area contributed by atoms with Crippen molar-refractivity contribution < 1.29 is 5.11 Å². The van der Waals surface area contributed by atoms with E-state index in [1.54, 1.807) is 0 Å². The standard InChI is InChI=1S/C11H19NO/c1-8(11(2,3)4)10(13)9-5-6-12-7-9/h5-8,10,12-13H,1-4H3. The van der Waals surface area contributed by atoms with E-state index in [2.05, 4.69) is 32.7 Å². The highest BCUT2D eigenvalue weighted by Crippen LogP contribution is 2.35. The van der Waals surface area contributed by atoms with E-state index in [4.69, 9.17) is 0 Å². The van der Waals surface area contributed by atoms with Crippen LogP contribution in [0.15, 0.2) is 18.5 Å². The van der Waals surface area contributed by atoms with Crippen molar-refractivity contribution in [3.63, 3.8) is 0 Å². The summed E-state index contributed by atoms with van der Waals surface area (Å²) in [5.41, 5.74) is 1.11. The maximum absolute atomic E-state index is 9.99. The number of rotatable bonds is 2. The van der Waals surface area contributed by atoms with E-state index in [1.807, 2.05) is 18.5 Å². The summed E-state index contributed by atoms with van der Waals surface area (Å²) in [6.45, 7) is 8.52. The Balaban J connectivity index is 2.74. The van der Waals surface area contributed by atoms with Gasteiger partial charge in [-0.2, -0.15) is 0 Å². The van der Waals surface area contributed by atoms with Gasteiger partial charge in [-0.25, -0.2) is 0 Å². The van der Waals surface area contributed by atoms with Gasteiger partial charge in [-0.3, -0.25) is 0 Å². The van der Waals surface area contributed by atoms with Crippen LogP contribution in [0.3, 0.4) is 0 Å². The lowest BCUT2D eigenvalue weighted by Crippen LogP contribution is -2.23. The molecule has 0 amide bonds. The molecule has 1 aromatic rings. The Kier molecular flexibility index (Phi) is 2.81. The summed E-state index contributed by atoms with van der Waals surface area (Å²) in [5.74, 6) is 0.253. The fraction of sp³-hybridized carbons (Fsp3) is 0.636. The average Bonchev–Trinajstić information content (AvgIpc) is 2.51. The molecule has 0 radical (unpaired) electrons. The lowest BCUT2D eigenvalue weighted by atomic mass is 9.77. The molecule has 0 spiro atoms. The number of aromatic nitrogens is 1. The molecule has 0 fully saturated rings. The number of hydrogen-bond acceptors (Lipinski definition) is 1. The van der Waals surface area contributed by atoms with Crippen molar-refractivity contribution >= 4 is 0 Å². The molecule has 0 aliphatic rings. The van der Waals surface area contributed by atoms with Crippen LogP contribution in [0.2, 0.25) is 0 Å². The van der Waals surface area contributed by atoms with Gasteiger partial charge in [0.1, 0.15) is 0 Å². The van der Waals surface area contributed by atoms with E-state index < -0.39 is 0 Å². The van der Waals surface area contributed by atoms with E-state index in [1.165, 1.54) is 0 Å². The Hall–Kier alpha value is -0.760. The molecule has 0 aliphatic carbocycles. The predicted octanol–water partition coefficient (Wildman–Crippen LogP) is 2.73. The van der Waals surface area contributed by atoms with Crippen molar-refractivity contribution in [2.24, 2.45) is 11.3 Å². The zero-order valence-electron chi connectivity index (χ0n) is 8.83. The van der Waals surface area contributed by atoms with Crippen LogP contribution < -0.4 is 0 Å². The zero-order valence-corrected chi connectivity index (χ0v) is 8.83. The van der Waals surface area contributed by atoms with Crippen molar-refractivity contribution in [3.8, 4) is 0 Å². The molecule has 1 aromatic heterocycles. The molecule has 2 unspecified atom stereocenters. The number of aliphatic hydroxyl groups is 1. The first kappa shape index (κ1) is 10.3. The molecule has 2 heteroatoms. The third kappa shape index (κ3) is 2.34. The van der Waals surface area contributed by atoms with Gasteiger partial charge < -0.3 is 10.1 Å². The highest BCUT2D eigenvalue weighted by molar-refractivity contribution is 5.13. The maximum Gasteiger partial charge on any atom is 0.0835 e. The third-order valence-corrected chi connectivity index (χ3v) is 2.80. The summed E-state index contributed by atoms with van der Waals surface area (Å²) in [5, 5.41) is 9.99. The molecular formula is C11H19NO. The second-order valence-corrected chi connectivity index (χ2v) is 4.74. The Labute approximate surface area is 80.0 Å². The van der Waals surface area contributed by atoms with Crippen molar-refractivity contribution in [1.29, 1.82) is 0 Å². The van der Waals surface area contributed by atoms with Crippen LogP contribution in [0, 0.1) is 11.3 Å². The molecule has 0 saturated heterocycles. The molecule has 74 valence electrons. The fourth-order valence-corrected chi connectivity index (χ4v) is 1.28. The minimum atomic E-state index is -0.369. The predicted molar refractivity (Wildman–Crippen MR) is 54.4 cm³/mol. The summed E-state index contributed by atoms with van der Waals surface area (Å²) >= 11 is 0.